The van der Waals surface area contributed by atoms with Crippen molar-refractivity contribution >= 4 is 11.4 Å². The van der Waals surface area contributed by atoms with Crippen LogP contribution in [-0.4, -0.2) is 41.5 Å². The number of nitrogens with zero attached hydrogens (tertiary/aromatic N) is 1. The number of aliphatic hydroxyl groups excluding tert-OH is 2. The first-order valence-electron chi connectivity index (χ1n) is 6.14. The van der Waals surface area contributed by atoms with Crippen molar-refractivity contribution in [2.75, 3.05) is 30.8 Å². The van der Waals surface area contributed by atoms with Crippen LogP contribution in [0.4, 0.5) is 11.4 Å². The molecule has 0 spiro atoms. The van der Waals surface area contributed by atoms with Crippen LogP contribution in [0.15, 0.2) is 36.7 Å². The van der Waals surface area contributed by atoms with Gasteiger partial charge < -0.3 is 25.8 Å². The van der Waals surface area contributed by atoms with E-state index in [2.05, 4.69) is 4.98 Å². The van der Waals surface area contributed by atoms with E-state index in [4.69, 9.17) is 10.8 Å². The number of aliphatic hydroxyl groups is 2. The van der Waals surface area contributed by atoms with Gasteiger partial charge in [0.1, 0.15) is 0 Å². The van der Waals surface area contributed by atoms with Gasteiger partial charge >= 0.3 is 0 Å². The zero-order chi connectivity index (χ0) is 13.8. The highest BCUT2D eigenvalue weighted by Gasteiger charge is 2.13. The SMILES string of the molecule is CN(CC(O)CO)c1ccc(N)cc1-c1cc[nH]c1. The maximum absolute atomic E-state index is 9.54. The van der Waals surface area contributed by atoms with E-state index < -0.39 is 6.10 Å². The fraction of sp³-hybridized carbons (Fsp3) is 0.286. The van der Waals surface area contributed by atoms with Gasteiger partial charge in [0.15, 0.2) is 0 Å². The largest absolute Gasteiger partial charge is 0.399 e. The smallest absolute Gasteiger partial charge is 0.0945 e. The molecule has 0 aliphatic heterocycles. The van der Waals surface area contributed by atoms with E-state index in [1.165, 1.54) is 0 Å². The number of rotatable bonds is 5. The van der Waals surface area contributed by atoms with Crippen LogP contribution in [0, 0.1) is 0 Å². The van der Waals surface area contributed by atoms with Gasteiger partial charge in [0.2, 0.25) is 0 Å². The molecule has 5 heteroatoms. The van der Waals surface area contributed by atoms with Gasteiger partial charge in [-0.25, -0.2) is 0 Å². The first-order valence-corrected chi connectivity index (χ1v) is 6.14. The lowest BCUT2D eigenvalue weighted by Crippen LogP contribution is -2.31. The van der Waals surface area contributed by atoms with E-state index in [9.17, 15) is 5.11 Å². The zero-order valence-corrected chi connectivity index (χ0v) is 10.9. The van der Waals surface area contributed by atoms with Crippen molar-refractivity contribution in [1.82, 2.24) is 4.98 Å². The van der Waals surface area contributed by atoms with Gasteiger partial charge in [0, 0.05) is 48.5 Å². The molecule has 0 amide bonds. The summed E-state index contributed by atoms with van der Waals surface area (Å²) in [6.45, 7) is 0.108. The molecule has 1 aromatic carbocycles. The zero-order valence-electron chi connectivity index (χ0n) is 10.9. The fourth-order valence-corrected chi connectivity index (χ4v) is 2.08. The first-order chi connectivity index (χ1) is 9.11. The van der Waals surface area contributed by atoms with Gasteiger partial charge in [0.05, 0.1) is 12.7 Å². The fourth-order valence-electron chi connectivity index (χ4n) is 2.08. The Morgan fingerprint density at radius 3 is 2.79 bits per heavy atom. The second-order valence-electron chi connectivity index (χ2n) is 4.59. The van der Waals surface area contributed by atoms with Crippen LogP contribution in [0.2, 0.25) is 0 Å². The summed E-state index contributed by atoms with van der Waals surface area (Å²) < 4.78 is 0. The topological polar surface area (TPSA) is 85.5 Å². The van der Waals surface area contributed by atoms with Crippen LogP contribution < -0.4 is 10.6 Å². The normalized spacial score (nSPS) is 12.4. The predicted molar refractivity (Wildman–Crippen MR) is 77.0 cm³/mol. The molecule has 0 fully saturated rings. The van der Waals surface area contributed by atoms with E-state index in [0.717, 1.165) is 16.8 Å². The van der Waals surface area contributed by atoms with Crippen LogP contribution in [-0.2, 0) is 0 Å². The summed E-state index contributed by atoms with van der Waals surface area (Å²) in [5.74, 6) is 0. The van der Waals surface area contributed by atoms with Gasteiger partial charge in [-0.3, -0.25) is 0 Å². The number of hydrogen-bond donors (Lipinski definition) is 4. The first kappa shape index (κ1) is 13.5. The molecule has 0 saturated heterocycles. The summed E-state index contributed by atoms with van der Waals surface area (Å²) in [5.41, 5.74) is 9.52. The Bertz CT molecular complexity index is 525. The summed E-state index contributed by atoms with van der Waals surface area (Å²) in [4.78, 5) is 4.92. The molecule has 0 radical (unpaired) electrons. The molecule has 0 saturated carbocycles. The molecule has 5 N–H and O–H groups in total. The molecule has 1 heterocycles. The van der Waals surface area contributed by atoms with Crippen molar-refractivity contribution in [3.63, 3.8) is 0 Å². The third-order valence-electron chi connectivity index (χ3n) is 3.04. The van der Waals surface area contributed by atoms with Crippen LogP contribution in [0.1, 0.15) is 0 Å². The molecule has 0 aliphatic rings. The number of anilines is 2. The average molecular weight is 261 g/mol. The lowest BCUT2D eigenvalue weighted by molar-refractivity contribution is 0.101. The van der Waals surface area contributed by atoms with Gasteiger partial charge in [-0.15, -0.1) is 0 Å². The summed E-state index contributed by atoms with van der Waals surface area (Å²) in [6.07, 6.45) is 2.99. The number of hydrogen-bond acceptors (Lipinski definition) is 4. The molecule has 0 bridgehead atoms. The maximum Gasteiger partial charge on any atom is 0.0945 e. The van der Waals surface area contributed by atoms with Crippen molar-refractivity contribution in [3.05, 3.63) is 36.7 Å². The third-order valence-corrected chi connectivity index (χ3v) is 3.04. The Balaban J connectivity index is 2.34. The number of nitrogens with one attached hydrogen (secondary N) is 1. The van der Waals surface area contributed by atoms with Crippen molar-refractivity contribution in [1.29, 1.82) is 0 Å². The van der Waals surface area contributed by atoms with Crippen molar-refractivity contribution in [2.45, 2.75) is 6.10 Å². The molecule has 0 aliphatic carbocycles. The molecule has 5 nitrogen and oxygen atoms in total. The third kappa shape index (κ3) is 3.07. The van der Waals surface area contributed by atoms with Gasteiger partial charge in [-0.1, -0.05) is 0 Å². The highest BCUT2D eigenvalue weighted by molar-refractivity contribution is 5.81. The van der Waals surface area contributed by atoms with E-state index >= 15 is 0 Å². The quantitative estimate of drug-likeness (QED) is 0.606. The number of aromatic nitrogens is 1. The lowest BCUT2D eigenvalue weighted by Gasteiger charge is -2.24. The van der Waals surface area contributed by atoms with E-state index in [0.29, 0.717) is 12.2 Å². The Morgan fingerprint density at radius 2 is 2.16 bits per heavy atom. The summed E-state index contributed by atoms with van der Waals surface area (Å²) in [7, 11) is 1.88. The minimum Gasteiger partial charge on any atom is -0.399 e. The number of benzene rings is 1. The van der Waals surface area contributed by atoms with Crippen LogP contribution >= 0.6 is 0 Å². The Kier molecular flexibility index (Phi) is 4.09. The van der Waals surface area contributed by atoms with E-state index in [-0.39, 0.29) is 6.61 Å². The average Bonchev–Trinajstić information content (AvgIpc) is 2.92. The predicted octanol–water partition coefficient (Wildman–Crippen LogP) is 1.05. The monoisotopic (exact) mass is 261 g/mol. The minimum atomic E-state index is -0.762. The Morgan fingerprint density at radius 1 is 1.37 bits per heavy atom. The number of H-pyrrole nitrogens is 1. The lowest BCUT2D eigenvalue weighted by atomic mass is 10.0. The number of likely N-dealkylation sites (N-methyl/N-ethyl adjacent to an activating group) is 1. The molecule has 19 heavy (non-hydrogen) atoms. The second-order valence-corrected chi connectivity index (χ2v) is 4.59. The standard InChI is InChI=1S/C14H19N3O2/c1-17(8-12(19)9-18)14-3-2-11(15)6-13(14)10-4-5-16-7-10/h2-7,12,16,18-19H,8-9,15H2,1H3. The molecule has 1 unspecified atom stereocenters. The summed E-state index contributed by atoms with van der Waals surface area (Å²) in [6, 6.07) is 7.62. The summed E-state index contributed by atoms with van der Waals surface area (Å²) in [5, 5.41) is 18.5. The molecule has 1 aromatic heterocycles. The Hall–Kier alpha value is -1.98. The highest BCUT2D eigenvalue weighted by atomic mass is 16.3. The van der Waals surface area contributed by atoms with Crippen molar-refractivity contribution in [2.24, 2.45) is 0 Å². The van der Waals surface area contributed by atoms with Gasteiger partial charge in [0.25, 0.3) is 0 Å². The molecule has 102 valence electrons. The molecule has 2 aromatic rings. The van der Waals surface area contributed by atoms with Crippen molar-refractivity contribution in [3.8, 4) is 11.1 Å². The number of nitrogens with two attached hydrogens (primary N) is 1. The highest BCUT2D eigenvalue weighted by Crippen LogP contribution is 2.32. The Labute approximate surface area is 112 Å². The van der Waals surface area contributed by atoms with Gasteiger partial charge in [-0.2, -0.15) is 0 Å². The molecule has 2 rings (SSSR count). The minimum absolute atomic E-state index is 0.251. The van der Waals surface area contributed by atoms with E-state index in [1.807, 2.05) is 48.6 Å². The molecule has 1 atom stereocenters. The second kappa shape index (κ2) is 5.77. The maximum atomic E-state index is 9.54. The van der Waals surface area contributed by atoms with E-state index in [1.54, 1.807) is 0 Å². The summed E-state index contributed by atoms with van der Waals surface area (Å²) >= 11 is 0. The van der Waals surface area contributed by atoms with Crippen molar-refractivity contribution < 1.29 is 10.2 Å². The van der Waals surface area contributed by atoms with Crippen LogP contribution in [0.5, 0.6) is 0 Å². The van der Waals surface area contributed by atoms with Crippen LogP contribution in [0.3, 0.4) is 0 Å². The van der Waals surface area contributed by atoms with Gasteiger partial charge in [-0.05, 0) is 24.3 Å². The molecular weight excluding hydrogens is 242 g/mol. The van der Waals surface area contributed by atoms with Crippen LogP contribution in [0.25, 0.3) is 11.1 Å². The number of nitrogen functional groups attached to an aromatic ring is 1. The number of aromatic amines is 1. The molecular formula is C14H19N3O2.